The summed E-state index contributed by atoms with van der Waals surface area (Å²) in [5, 5.41) is 0.0283. The summed E-state index contributed by atoms with van der Waals surface area (Å²) >= 11 is 13.6. The minimum absolute atomic E-state index is 0.244. The maximum absolute atomic E-state index is 12.8. The van der Waals surface area contributed by atoms with Gasteiger partial charge in [-0.05, 0) is 85.6 Å². The van der Waals surface area contributed by atoms with Crippen LogP contribution in [0.5, 0.6) is 5.75 Å². The second-order valence-electron chi connectivity index (χ2n) is 5.68. The number of ether oxygens (including phenoxy) is 2. The highest BCUT2D eigenvalue weighted by atomic mass is 79.9. The molecule has 1 aliphatic heterocycles. The maximum atomic E-state index is 12.8. The first-order valence-electron chi connectivity index (χ1n) is 8.02. The van der Waals surface area contributed by atoms with Gasteiger partial charge in [-0.1, -0.05) is 17.7 Å². The van der Waals surface area contributed by atoms with Gasteiger partial charge in [-0.2, -0.15) is 0 Å². The van der Waals surface area contributed by atoms with Gasteiger partial charge in [0, 0.05) is 5.02 Å². The highest BCUT2D eigenvalue weighted by Crippen LogP contribution is 2.39. The number of rotatable bonds is 5. The number of carbonyl (C=O) groups excluding carboxylic acids is 3. The largest absolute Gasteiger partial charge is 0.480 e. The van der Waals surface area contributed by atoms with Crippen LogP contribution >= 0.6 is 55.2 Å². The fraction of sp³-hybridized carbons (Fsp3) is 0.105. The van der Waals surface area contributed by atoms with Gasteiger partial charge in [-0.15, -0.1) is 0 Å². The van der Waals surface area contributed by atoms with Gasteiger partial charge in [-0.25, -0.2) is 9.69 Å². The third-order valence-electron chi connectivity index (χ3n) is 3.74. The Kier molecular flexibility index (Phi) is 7.05. The number of hydrogen-bond acceptors (Lipinski definition) is 6. The zero-order valence-electron chi connectivity index (χ0n) is 14.8. The summed E-state index contributed by atoms with van der Waals surface area (Å²) in [6.07, 6.45) is 1.61. The topological polar surface area (TPSA) is 72.9 Å². The van der Waals surface area contributed by atoms with Gasteiger partial charge in [0.2, 0.25) is 0 Å². The van der Waals surface area contributed by atoms with E-state index in [1.807, 2.05) is 0 Å². The van der Waals surface area contributed by atoms with Gasteiger partial charge >= 0.3 is 5.97 Å². The van der Waals surface area contributed by atoms with E-state index in [1.54, 1.807) is 42.5 Å². The minimum atomic E-state index is -0.512. The first-order valence-corrected chi connectivity index (χ1v) is 10.8. The predicted octanol–water partition coefficient (Wildman–Crippen LogP) is 5.66. The smallest absolute Gasteiger partial charge is 0.343 e. The zero-order chi connectivity index (χ0) is 21.1. The second kappa shape index (κ2) is 9.34. The molecule has 0 aromatic heterocycles. The normalized spacial score (nSPS) is 15.2. The Morgan fingerprint density at radius 1 is 1.21 bits per heavy atom. The Morgan fingerprint density at radius 3 is 2.52 bits per heavy atom. The summed E-state index contributed by atoms with van der Waals surface area (Å²) in [4.78, 5) is 37.7. The highest BCUT2D eigenvalue weighted by molar-refractivity contribution is 9.11. The zero-order valence-corrected chi connectivity index (χ0v) is 19.5. The Morgan fingerprint density at radius 2 is 1.90 bits per heavy atom. The molecule has 1 aliphatic rings. The van der Waals surface area contributed by atoms with Gasteiger partial charge in [0.1, 0.15) is 5.75 Å². The molecule has 0 atom stereocenters. The molecule has 0 N–H and O–H groups in total. The second-order valence-corrected chi connectivity index (χ2v) is 8.81. The van der Waals surface area contributed by atoms with Crippen molar-refractivity contribution in [3.05, 3.63) is 60.8 Å². The van der Waals surface area contributed by atoms with Gasteiger partial charge in [-0.3, -0.25) is 9.59 Å². The molecule has 0 bridgehead atoms. The van der Waals surface area contributed by atoms with Crippen LogP contribution in [0.2, 0.25) is 5.02 Å². The van der Waals surface area contributed by atoms with Crippen molar-refractivity contribution in [1.29, 1.82) is 0 Å². The van der Waals surface area contributed by atoms with E-state index in [-0.39, 0.29) is 11.5 Å². The van der Waals surface area contributed by atoms with E-state index in [2.05, 4.69) is 36.6 Å². The highest BCUT2D eigenvalue weighted by Gasteiger charge is 2.36. The van der Waals surface area contributed by atoms with Crippen LogP contribution in [0.4, 0.5) is 10.5 Å². The number of esters is 1. The molecule has 29 heavy (non-hydrogen) atoms. The molecule has 0 saturated carbocycles. The van der Waals surface area contributed by atoms with Crippen molar-refractivity contribution in [3.8, 4) is 5.75 Å². The van der Waals surface area contributed by atoms with Gasteiger partial charge in [0.05, 0.1) is 26.6 Å². The van der Waals surface area contributed by atoms with E-state index in [4.69, 9.17) is 16.3 Å². The third kappa shape index (κ3) is 5.03. The van der Waals surface area contributed by atoms with Crippen molar-refractivity contribution in [2.24, 2.45) is 0 Å². The van der Waals surface area contributed by atoms with Gasteiger partial charge in [0.25, 0.3) is 11.1 Å². The molecule has 2 amide bonds. The van der Waals surface area contributed by atoms with Crippen LogP contribution < -0.4 is 9.64 Å². The van der Waals surface area contributed by atoms with Crippen LogP contribution in [0.1, 0.15) is 5.56 Å². The number of amides is 2. The number of nitrogens with zero attached hydrogens (tertiary/aromatic N) is 1. The molecule has 3 rings (SSSR count). The van der Waals surface area contributed by atoms with Crippen molar-refractivity contribution in [1.82, 2.24) is 0 Å². The number of benzene rings is 2. The Labute approximate surface area is 192 Å². The average Bonchev–Trinajstić information content (AvgIpc) is 2.94. The standard InChI is InChI=1S/C19H12Br2ClNO5S/c1-27-16(24)9-28-17-13(20)5-10(6-14(17)21)7-15-18(25)23(19(26)29-15)12-4-2-3-11(22)8-12/h2-8H,9H2,1H3/b15-7+. The van der Waals surface area contributed by atoms with Crippen molar-refractivity contribution in [2.45, 2.75) is 0 Å². The van der Waals surface area contributed by atoms with E-state index in [1.165, 1.54) is 7.11 Å². The summed E-state index contributed by atoms with van der Waals surface area (Å²) in [6.45, 7) is -0.244. The van der Waals surface area contributed by atoms with Crippen LogP contribution in [0.25, 0.3) is 6.08 Å². The van der Waals surface area contributed by atoms with Gasteiger partial charge < -0.3 is 9.47 Å². The average molecular weight is 562 g/mol. The SMILES string of the molecule is COC(=O)COc1c(Br)cc(/C=C2/SC(=O)N(c3cccc(Cl)c3)C2=O)cc1Br. The van der Waals surface area contributed by atoms with Crippen LogP contribution in [-0.2, 0) is 14.3 Å². The summed E-state index contributed by atoms with van der Waals surface area (Å²) in [7, 11) is 1.27. The summed E-state index contributed by atoms with van der Waals surface area (Å²) < 4.78 is 11.1. The summed E-state index contributed by atoms with van der Waals surface area (Å²) in [5.74, 6) is -0.525. The molecular formula is C19H12Br2ClNO5S. The molecule has 2 aromatic carbocycles. The summed E-state index contributed by atoms with van der Waals surface area (Å²) in [6, 6.07) is 9.97. The number of carbonyl (C=O) groups is 3. The maximum Gasteiger partial charge on any atom is 0.343 e. The molecule has 0 aliphatic carbocycles. The fourth-order valence-electron chi connectivity index (χ4n) is 2.45. The lowest BCUT2D eigenvalue weighted by Gasteiger charge is -2.12. The minimum Gasteiger partial charge on any atom is -0.480 e. The molecule has 10 heteroatoms. The summed E-state index contributed by atoms with van der Waals surface area (Å²) in [5.41, 5.74) is 1.07. The number of methoxy groups -OCH3 is 1. The van der Waals surface area contributed by atoms with E-state index in [9.17, 15) is 14.4 Å². The number of hydrogen-bond donors (Lipinski definition) is 0. The Bertz CT molecular complexity index is 1020. The van der Waals surface area contributed by atoms with Crippen LogP contribution in [0, 0.1) is 0 Å². The number of halogens is 3. The number of imide groups is 1. The molecule has 1 fully saturated rings. The first-order chi connectivity index (χ1) is 13.8. The Balaban J connectivity index is 1.86. The third-order valence-corrected chi connectivity index (χ3v) is 6.02. The van der Waals surface area contributed by atoms with E-state index < -0.39 is 17.1 Å². The molecule has 1 saturated heterocycles. The molecule has 6 nitrogen and oxygen atoms in total. The van der Waals surface area contributed by atoms with Crippen molar-refractivity contribution < 1.29 is 23.9 Å². The number of anilines is 1. The molecule has 2 aromatic rings. The lowest BCUT2D eigenvalue weighted by Crippen LogP contribution is -2.27. The van der Waals surface area contributed by atoms with E-state index >= 15 is 0 Å². The van der Waals surface area contributed by atoms with E-state index in [0.717, 1.165) is 16.7 Å². The van der Waals surface area contributed by atoms with Crippen molar-refractivity contribution in [2.75, 3.05) is 18.6 Å². The molecule has 1 heterocycles. The molecular weight excluding hydrogens is 550 g/mol. The van der Waals surface area contributed by atoms with E-state index in [0.29, 0.717) is 31.0 Å². The molecule has 0 radical (unpaired) electrons. The molecule has 0 unspecified atom stereocenters. The fourth-order valence-corrected chi connectivity index (χ4v) is 4.92. The monoisotopic (exact) mass is 559 g/mol. The molecule has 0 spiro atoms. The van der Waals surface area contributed by atoms with Crippen molar-refractivity contribution >= 4 is 84.1 Å². The van der Waals surface area contributed by atoms with Crippen LogP contribution in [-0.4, -0.2) is 30.8 Å². The van der Waals surface area contributed by atoms with Crippen LogP contribution in [0.15, 0.2) is 50.2 Å². The van der Waals surface area contributed by atoms with Crippen LogP contribution in [0.3, 0.4) is 0 Å². The Hall–Kier alpha value is -1.81. The lowest BCUT2D eigenvalue weighted by molar-refractivity contribution is -0.142. The first kappa shape index (κ1) is 21.9. The predicted molar refractivity (Wildman–Crippen MR) is 119 cm³/mol. The van der Waals surface area contributed by atoms with Gasteiger partial charge in [0.15, 0.2) is 6.61 Å². The molecule has 150 valence electrons. The number of thioether (sulfide) groups is 1. The van der Waals surface area contributed by atoms with Crippen molar-refractivity contribution in [3.63, 3.8) is 0 Å². The quantitative estimate of drug-likeness (QED) is 0.347. The lowest BCUT2D eigenvalue weighted by atomic mass is 10.2.